The lowest BCUT2D eigenvalue weighted by atomic mass is 10.0. The van der Waals surface area contributed by atoms with E-state index in [0.717, 1.165) is 18.4 Å². The number of carbonyl (C=O) groups is 1. The van der Waals surface area contributed by atoms with Gasteiger partial charge in [0.2, 0.25) is 0 Å². The summed E-state index contributed by atoms with van der Waals surface area (Å²) in [4.78, 5) is 12.3. The summed E-state index contributed by atoms with van der Waals surface area (Å²) in [6.45, 7) is 1.98. The van der Waals surface area contributed by atoms with Crippen LogP contribution in [0, 0.1) is 0 Å². The largest absolute Gasteiger partial charge is 0.508 e. The standard InChI is InChI=1S/C19H23NO3/c1-2-3-14-4-8-16(9-5-14)19(23)20-17(13-21)12-15-6-10-18(22)11-7-15/h4-11,17,21-22H,2-3,12-13H2,1H3,(H,20,23)/t17-/m0/s1. The molecule has 4 heteroatoms. The maximum absolute atomic E-state index is 12.3. The van der Waals surface area contributed by atoms with E-state index >= 15 is 0 Å². The normalized spacial score (nSPS) is 11.9. The fourth-order valence-electron chi connectivity index (χ4n) is 2.46. The Morgan fingerprint density at radius 2 is 1.65 bits per heavy atom. The maximum atomic E-state index is 12.3. The van der Waals surface area contributed by atoms with Crippen molar-refractivity contribution in [2.45, 2.75) is 32.2 Å². The van der Waals surface area contributed by atoms with Gasteiger partial charge in [-0.1, -0.05) is 37.6 Å². The van der Waals surface area contributed by atoms with Gasteiger partial charge in [0.05, 0.1) is 12.6 Å². The van der Waals surface area contributed by atoms with Gasteiger partial charge >= 0.3 is 0 Å². The number of phenolic OH excluding ortho intramolecular Hbond substituents is 1. The van der Waals surface area contributed by atoms with Crippen LogP contribution in [0.3, 0.4) is 0 Å². The van der Waals surface area contributed by atoms with E-state index in [2.05, 4.69) is 12.2 Å². The van der Waals surface area contributed by atoms with Crippen LogP contribution in [0.5, 0.6) is 5.75 Å². The SMILES string of the molecule is CCCc1ccc(C(=O)N[C@H](CO)Cc2ccc(O)cc2)cc1. The van der Waals surface area contributed by atoms with Crippen molar-refractivity contribution in [1.82, 2.24) is 5.32 Å². The molecule has 0 aliphatic heterocycles. The van der Waals surface area contributed by atoms with Gasteiger partial charge in [-0.2, -0.15) is 0 Å². The first kappa shape index (κ1) is 17.0. The van der Waals surface area contributed by atoms with Gasteiger partial charge in [-0.15, -0.1) is 0 Å². The lowest BCUT2D eigenvalue weighted by molar-refractivity contribution is 0.0916. The second-order valence-corrected chi connectivity index (χ2v) is 5.67. The molecule has 0 heterocycles. The van der Waals surface area contributed by atoms with E-state index in [-0.39, 0.29) is 24.3 Å². The van der Waals surface area contributed by atoms with Crippen molar-refractivity contribution >= 4 is 5.91 Å². The van der Waals surface area contributed by atoms with Crippen LogP contribution in [0.2, 0.25) is 0 Å². The molecule has 0 unspecified atom stereocenters. The van der Waals surface area contributed by atoms with E-state index in [9.17, 15) is 15.0 Å². The first-order valence-electron chi connectivity index (χ1n) is 7.91. The number of hydrogen-bond donors (Lipinski definition) is 3. The molecule has 0 bridgehead atoms. The number of aliphatic hydroxyl groups excluding tert-OH is 1. The molecule has 1 amide bonds. The van der Waals surface area contributed by atoms with Crippen molar-refractivity contribution in [2.75, 3.05) is 6.61 Å². The summed E-state index contributed by atoms with van der Waals surface area (Å²) in [5, 5.41) is 21.6. The monoisotopic (exact) mass is 313 g/mol. The molecule has 0 saturated heterocycles. The molecule has 0 saturated carbocycles. The van der Waals surface area contributed by atoms with Crippen LogP contribution in [-0.2, 0) is 12.8 Å². The first-order valence-corrected chi connectivity index (χ1v) is 7.91. The lowest BCUT2D eigenvalue weighted by Crippen LogP contribution is -2.39. The van der Waals surface area contributed by atoms with Crippen LogP contribution in [0.25, 0.3) is 0 Å². The second kappa shape index (κ2) is 8.34. The fourth-order valence-corrected chi connectivity index (χ4v) is 2.46. The third-order valence-corrected chi connectivity index (χ3v) is 3.73. The molecule has 122 valence electrons. The molecule has 0 spiro atoms. The summed E-state index contributed by atoms with van der Waals surface area (Å²) in [6, 6.07) is 14.0. The van der Waals surface area contributed by atoms with Gasteiger partial charge in [-0.05, 0) is 48.2 Å². The summed E-state index contributed by atoms with van der Waals surface area (Å²) in [6.07, 6.45) is 2.59. The zero-order valence-corrected chi connectivity index (χ0v) is 13.3. The van der Waals surface area contributed by atoms with Crippen LogP contribution in [-0.4, -0.2) is 28.8 Å². The topological polar surface area (TPSA) is 69.6 Å². The second-order valence-electron chi connectivity index (χ2n) is 5.67. The molecule has 0 radical (unpaired) electrons. The first-order chi connectivity index (χ1) is 11.1. The zero-order chi connectivity index (χ0) is 16.7. The summed E-state index contributed by atoms with van der Waals surface area (Å²) in [7, 11) is 0. The predicted molar refractivity (Wildman–Crippen MR) is 90.6 cm³/mol. The molecule has 4 nitrogen and oxygen atoms in total. The van der Waals surface area contributed by atoms with Crippen molar-refractivity contribution in [3.05, 3.63) is 65.2 Å². The molecule has 0 aliphatic carbocycles. The smallest absolute Gasteiger partial charge is 0.251 e. The summed E-state index contributed by atoms with van der Waals surface area (Å²) in [5.41, 5.74) is 2.75. The van der Waals surface area contributed by atoms with Gasteiger partial charge in [-0.3, -0.25) is 4.79 Å². The minimum atomic E-state index is -0.359. The van der Waals surface area contributed by atoms with E-state index < -0.39 is 0 Å². The number of amides is 1. The van der Waals surface area contributed by atoms with Crippen LogP contribution in [0.4, 0.5) is 0 Å². The fraction of sp³-hybridized carbons (Fsp3) is 0.316. The van der Waals surface area contributed by atoms with Crippen LogP contribution in [0.15, 0.2) is 48.5 Å². The Labute approximate surface area is 136 Å². The summed E-state index contributed by atoms with van der Waals surface area (Å²) >= 11 is 0. The quantitative estimate of drug-likeness (QED) is 0.736. The van der Waals surface area contributed by atoms with Crippen molar-refractivity contribution in [3.63, 3.8) is 0 Å². The van der Waals surface area contributed by atoms with Gasteiger partial charge in [0.25, 0.3) is 5.91 Å². The van der Waals surface area contributed by atoms with E-state index in [1.165, 1.54) is 5.56 Å². The number of rotatable bonds is 7. The number of phenols is 1. The minimum absolute atomic E-state index is 0.138. The highest BCUT2D eigenvalue weighted by Crippen LogP contribution is 2.12. The van der Waals surface area contributed by atoms with Gasteiger partial charge in [0, 0.05) is 5.56 Å². The average molecular weight is 313 g/mol. The molecule has 2 aromatic carbocycles. The Balaban J connectivity index is 1.97. The molecule has 0 aliphatic rings. The molecular weight excluding hydrogens is 290 g/mol. The van der Waals surface area contributed by atoms with E-state index in [4.69, 9.17) is 0 Å². The molecule has 23 heavy (non-hydrogen) atoms. The zero-order valence-electron chi connectivity index (χ0n) is 13.3. The van der Waals surface area contributed by atoms with Gasteiger partial charge in [0.1, 0.15) is 5.75 Å². The van der Waals surface area contributed by atoms with E-state index in [1.807, 2.05) is 24.3 Å². The minimum Gasteiger partial charge on any atom is -0.508 e. The molecule has 0 fully saturated rings. The van der Waals surface area contributed by atoms with E-state index in [0.29, 0.717) is 12.0 Å². The number of hydrogen-bond acceptors (Lipinski definition) is 3. The number of nitrogens with one attached hydrogen (secondary N) is 1. The van der Waals surface area contributed by atoms with Crippen LogP contribution in [0.1, 0.15) is 34.8 Å². The third-order valence-electron chi connectivity index (χ3n) is 3.73. The molecule has 2 aromatic rings. The molecular formula is C19H23NO3. The number of aromatic hydroxyl groups is 1. The van der Waals surface area contributed by atoms with Gasteiger partial charge in [-0.25, -0.2) is 0 Å². The Hall–Kier alpha value is -2.33. The highest BCUT2D eigenvalue weighted by molar-refractivity contribution is 5.94. The van der Waals surface area contributed by atoms with Crippen molar-refractivity contribution in [3.8, 4) is 5.75 Å². The van der Waals surface area contributed by atoms with Crippen molar-refractivity contribution in [2.24, 2.45) is 0 Å². The predicted octanol–water partition coefficient (Wildman–Crippen LogP) is 2.68. The van der Waals surface area contributed by atoms with Gasteiger partial charge in [0.15, 0.2) is 0 Å². The number of benzene rings is 2. The maximum Gasteiger partial charge on any atom is 0.251 e. The van der Waals surface area contributed by atoms with Gasteiger partial charge < -0.3 is 15.5 Å². The number of aliphatic hydroxyl groups is 1. The number of carbonyl (C=O) groups excluding carboxylic acids is 1. The Kier molecular flexibility index (Phi) is 6.18. The van der Waals surface area contributed by atoms with Crippen molar-refractivity contribution in [1.29, 1.82) is 0 Å². The number of aryl methyl sites for hydroxylation is 1. The molecule has 2 rings (SSSR count). The molecule has 1 atom stereocenters. The highest BCUT2D eigenvalue weighted by Gasteiger charge is 2.13. The van der Waals surface area contributed by atoms with Crippen molar-refractivity contribution < 1.29 is 15.0 Å². The van der Waals surface area contributed by atoms with Crippen LogP contribution < -0.4 is 5.32 Å². The third kappa shape index (κ3) is 5.11. The van der Waals surface area contributed by atoms with E-state index in [1.54, 1.807) is 24.3 Å². The summed E-state index contributed by atoms with van der Waals surface area (Å²) < 4.78 is 0. The lowest BCUT2D eigenvalue weighted by Gasteiger charge is -2.16. The Bertz CT molecular complexity index is 620. The Morgan fingerprint density at radius 3 is 2.22 bits per heavy atom. The molecule has 0 aromatic heterocycles. The summed E-state index contributed by atoms with van der Waals surface area (Å²) in [5.74, 6) is 0.0105. The highest BCUT2D eigenvalue weighted by atomic mass is 16.3. The molecule has 3 N–H and O–H groups in total. The average Bonchev–Trinajstić information content (AvgIpc) is 2.57. The van der Waals surface area contributed by atoms with Crippen LogP contribution >= 0.6 is 0 Å². The Morgan fingerprint density at radius 1 is 1.04 bits per heavy atom.